The van der Waals surface area contributed by atoms with Crippen LogP contribution in [0.15, 0.2) is 4.99 Å². The van der Waals surface area contributed by atoms with E-state index in [2.05, 4.69) is 18.8 Å². The van der Waals surface area contributed by atoms with Gasteiger partial charge in [0, 0.05) is 0 Å². The molecule has 0 heterocycles. The number of isocyanates is 1. The average Bonchev–Trinajstić information content (AvgIpc) is 1.59. The van der Waals surface area contributed by atoms with Gasteiger partial charge in [-0.05, 0) is 26.2 Å². The summed E-state index contributed by atoms with van der Waals surface area (Å²) in [6.45, 7) is 8.11. The molecule has 2 heteroatoms. The predicted octanol–water partition coefficient (Wildman–Crippen LogP) is 2.15. The summed E-state index contributed by atoms with van der Waals surface area (Å²) in [5.41, 5.74) is -0.226. The van der Waals surface area contributed by atoms with E-state index < -0.39 is 0 Å². The Labute approximate surface area is 62.4 Å². The van der Waals surface area contributed by atoms with Crippen LogP contribution < -0.4 is 0 Å². The third-order valence-electron chi connectivity index (χ3n) is 1.26. The molecule has 0 aromatic carbocycles. The number of nitrogens with zero attached hydrogens (tertiary/aromatic N) is 1. The zero-order valence-electron chi connectivity index (χ0n) is 7.14. The van der Waals surface area contributed by atoms with Crippen LogP contribution in [0.2, 0.25) is 0 Å². The van der Waals surface area contributed by atoms with Crippen molar-refractivity contribution in [3.8, 4) is 0 Å². The summed E-state index contributed by atoms with van der Waals surface area (Å²) in [6, 6.07) is 0. The summed E-state index contributed by atoms with van der Waals surface area (Å²) in [4.78, 5) is 13.6. The molecule has 58 valence electrons. The maximum absolute atomic E-state index is 9.91. The third kappa shape index (κ3) is 4.28. The molecule has 10 heavy (non-hydrogen) atoms. The molecule has 0 unspecified atom stereocenters. The van der Waals surface area contributed by atoms with Gasteiger partial charge in [0.15, 0.2) is 0 Å². The Morgan fingerprint density at radius 1 is 1.50 bits per heavy atom. The van der Waals surface area contributed by atoms with Gasteiger partial charge in [-0.15, -0.1) is 0 Å². The second-order valence-corrected chi connectivity index (χ2v) is 3.61. The summed E-state index contributed by atoms with van der Waals surface area (Å²) in [6.07, 6.45) is 2.52. The van der Waals surface area contributed by atoms with Crippen LogP contribution >= 0.6 is 0 Å². The van der Waals surface area contributed by atoms with Crippen molar-refractivity contribution < 1.29 is 4.79 Å². The standard InChI is InChI=1S/C8H15NO/c1-7(2)5-8(3,4)9-6-10/h7H,5H2,1-4H3. The maximum atomic E-state index is 9.91. The average molecular weight is 141 g/mol. The first-order valence-electron chi connectivity index (χ1n) is 3.57. The van der Waals surface area contributed by atoms with Gasteiger partial charge in [-0.1, -0.05) is 13.8 Å². The van der Waals surface area contributed by atoms with Crippen LogP contribution in [0.4, 0.5) is 0 Å². The van der Waals surface area contributed by atoms with Gasteiger partial charge in [-0.2, -0.15) is 4.99 Å². The molecule has 0 aromatic rings. The second-order valence-electron chi connectivity index (χ2n) is 3.61. The molecule has 0 N–H and O–H groups in total. The van der Waals surface area contributed by atoms with Crippen LogP contribution in [-0.4, -0.2) is 11.6 Å². The molecule has 0 saturated carbocycles. The molecule has 0 radical (unpaired) electrons. The zero-order valence-corrected chi connectivity index (χ0v) is 7.14. The Kier molecular flexibility index (Phi) is 3.31. The maximum Gasteiger partial charge on any atom is 0.235 e. The molecule has 0 saturated heterocycles. The Balaban J connectivity index is 3.98. The van der Waals surface area contributed by atoms with E-state index in [1.165, 1.54) is 0 Å². The molecule has 0 aliphatic carbocycles. The fourth-order valence-corrected chi connectivity index (χ4v) is 1.17. The topological polar surface area (TPSA) is 29.4 Å². The second kappa shape index (κ2) is 3.52. The smallest absolute Gasteiger partial charge is 0.211 e. The van der Waals surface area contributed by atoms with Crippen molar-refractivity contribution in [2.45, 2.75) is 39.7 Å². The summed E-state index contributed by atoms with van der Waals surface area (Å²) in [5, 5.41) is 0. The lowest BCUT2D eigenvalue weighted by molar-refractivity contribution is 0.399. The van der Waals surface area contributed by atoms with Gasteiger partial charge in [-0.3, -0.25) is 0 Å². The first-order chi connectivity index (χ1) is 4.48. The molecule has 0 amide bonds. The van der Waals surface area contributed by atoms with Gasteiger partial charge in [-0.25, -0.2) is 4.79 Å². The molecule has 0 atom stereocenters. The van der Waals surface area contributed by atoms with Gasteiger partial charge in [0.05, 0.1) is 5.54 Å². The van der Waals surface area contributed by atoms with Crippen molar-refractivity contribution in [2.24, 2.45) is 10.9 Å². The minimum absolute atomic E-state index is 0.226. The summed E-state index contributed by atoms with van der Waals surface area (Å²) >= 11 is 0. The van der Waals surface area contributed by atoms with E-state index in [1.807, 2.05) is 13.8 Å². The van der Waals surface area contributed by atoms with Crippen LogP contribution in [0.1, 0.15) is 34.1 Å². The lowest BCUT2D eigenvalue weighted by atomic mass is 9.94. The minimum atomic E-state index is -0.226. The first-order valence-corrected chi connectivity index (χ1v) is 3.57. The van der Waals surface area contributed by atoms with Crippen molar-refractivity contribution in [3.05, 3.63) is 0 Å². The molecular weight excluding hydrogens is 126 g/mol. The summed E-state index contributed by atoms with van der Waals surface area (Å²) in [5.74, 6) is 0.576. The van der Waals surface area contributed by atoms with Gasteiger partial charge < -0.3 is 0 Å². The molecule has 0 aliphatic heterocycles. The third-order valence-corrected chi connectivity index (χ3v) is 1.26. The fraction of sp³-hybridized carbons (Fsp3) is 0.875. The van der Waals surface area contributed by atoms with Gasteiger partial charge in [0.1, 0.15) is 0 Å². The SMILES string of the molecule is CC(C)CC(C)(C)N=C=O. The van der Waals surface area contributed by atoms with Gasteiger partial charge in [0.25, 0.3) is 0 Å². The van der Waals surface area contributed by atoms with E-state index in [0.29, 0.717) is 5.92 Å². The molecule has 0 aliphatic rings. The number of aliphatic imine (C=N–C) groups is 1. The van der Waals surface area contributed by atoms with Gasteiger partial charge >= 0.3 is 0 Å². The van der Waals surface area contributed by atoms with Gasteiger partial charge in [0.2, 0.25) is 6.08 Å². The van der Waals surface area contributed by atoms with Crippen LogP contribution in [0, 0.1) is 5.92 Å². The van der Waals surface area contributed by atoms with Crippen LogP contribution in [-0.2, 0) is 4.79 Å². The molecule has 0 rings (SSSR count). The highest BCUT2D eigenvalue weighted by Gasteiger charge is 2.17. The van der Waals surface area contributed by atoms with Crippen molar-refractivity contribution in [3.63, 3.8) is 0 Å². The van der Waals surface area contributed by atoms with E-state index in [4.69, 9.17) is 0 Å². The Morgan fingerprint density at radius 3 is 2.30 bits per heavy atom. The van der Waals surface area contributed by atoms with E-state index >= 15 is 0 Å². The lowest BCUT2D eigenvalue weighted by Crippen LogP contribution is -2.18. The number of rotatable bonds is 3. The van der Waals surface area contributed by atoms with Crippen molar-refractivity contribution in [2.75, 3.05) is 0 Å². The fourth-order valence-electron chi connectivity index (χ4n) is 1.17. The normalized spacial score (nSPS) is 11.3. The van der Waals surface area contributed by atoms with Crippen LogP contribution in [0.25, 0.3) is 0 Å². The lowest BCUT2D eigenvalue weighted by Gasteiger charge is -2.18. The summed E-state index contributed by atoms with van der Waals surface area (Å²) in [7, 11) is 0. The van der Waals surface area contributed by atoms with Crippen LogP contribution in [0.5, 0.6) is 0 Å². The molecule has 2 nitrogen and oxygen atoms in total. The molecule has 0 bridgehead atoms. The largest absolute Gasteiger partial charge is 0.235 e. The van der Waals surface area contributed by atoms with E-state index in [1.54, 1.807) is 6.08 Å². The molecule has 0 aromatic heterocycles. The van der Waals surface area contributed by atoms with E-state index in [0.717, 1.165) is 6.42 Å². The Morgan fingerprint density at radius 2 is 2.00 bits per heavy atom. The van der Waals surface area contributed by atoms with Crippen LogP contribution in [0.3, 0.4) is 0 Å². The van der Waals surface area contributed by atoms with Crippen molar-refractivity contribution >= 4 is 6.08 Å². The number of carbonyl (C=O) groups excluding carboxylic acids is 1. The number of hydrogen-bond acceptors (Lipinski definition) is 2. The quantitative estimate of drug-likeness (QED) is 0.437. The monoisotopic (exact) mass is 141 g/mol. The number of hydrogen-bond donors (Lipinski definition) is 0. The Hall–Kier alpha value is -0.620. The zero-order chi connectivity index (χ0) is 8.20. The van der Waals surface area contributed by atoms with Crippen molar-refractivity contribution in [1.82, 2.24) is 0 Å². The highest BCUT2D eigenvalue weighted by molar-refractivity contribution is 5.34. The Bertz CT molecular complexity index is 143. The highest BCUT2D eigenvalue weighted by Crippen LogP contribution is 2.18. The van der Waals surface area contributed by atoms with E-state index in [-0.39, 0.29) is 5.54 Å². The summed E-state index contributed by atoms with van der Waals surface area (Å²) < 4.78 is 0. The first kappa shape index (κ1) is 9.38. The molecule has 0 spiro atoms. The predicted molar refractivity (Wildman–Crippen MR) is 41.7 cm³/mol. The van der Waals surface area contributed by atoms with E-state index in [9.17, 15) is 4.79 Å². The molecule has 0 fully saturated rings. The molecular formula is C8H15NO. The minimum Gasteiger partial charge on any atom is -0.211 e. The van der Waals surface area contributed by atoms with Crippen molar-refractivity contribution in [1.29, 1.82) is 0 Å². The highest BCUT2D eigenvalue weighted by atomic mass is 16.1.